The number of para-hydroxylation sites is 1. The van der Waals surface area contributed by atoms with Gasteiger partial charge in [0.05, 0.1) is 5.69 Å². The fourth-order valence-corrected chi connectivity index (χ4v) is 3.59. The number of ether oxygens (including phenoxy) is 2. The Morgan fingerprint density at radius 3 is 2.69 bits per heavy atom. The molecule has 0 aliphatic carbocycles. The number of imidazole rings is 1. The van der Waals surface area contributed by atoms with Crippen LogP contribution in [0.15, 0.2) is 66.3 Å². The Balaban J connectivity index is 1.40. The van der Waals surface area contributed by atoms with E-state index in [2.05, 4.69) is 20.0 Å². The number of anilines is 1. The summed E-state index contributed by atoms with van der Waals surface area (Å²) in [5.74, 6) is 1.06. The molecular weight excluding hydrogens is 438 g/mol. The van der Waals surface area contributed by atoms with Crippen LogP contribution < -0.4 is 14.8 Å². The average Bonchev–Trinajstić information content (AvgIpc) is 3.41. The van der Waals surface area contributed by atoms with Crippen molar-refractivity contribution in [3.8, 4) is 22.8 Å². The van der Waals surface area contributed by atoms with Gasteiger partial charge in [0.2, 0.25) is 0 Å². The van der Waals surface area contributed by atoms with Crippen molar-refractivity contribution in [1.82, 2.24) is 14.5 Å². The maximum absolute atomic E-state index is 12.6. The highest BCUT2D eigenvalue weighted by Gasteiger charge is 2.15. The Morgan fingerprint density at radius 1 is 1.19 bits per heavy atom. The number of thiazole rings is 1. The number of halogens is 2. The van der Waals surface area contributed by atoms with Crippen molar-refractivity contribution >= 4 is 22.4 Å². The molecule has 0 saturated carbocycles. The lowest BCUT2D eigenvalue weighted by molar-refractivity contribution is -0.0494. The molecular formula is C22H18F2N4O3S. The van der Waals surface area contributed by atoms with Crippen LogP contribution in [0.5, 0.6) is 11.5 Å². The van der Waals surface area contributed by atoms with E-state index in [0.29, 0.717) is 34.3 Å². The van der Waals surface area contributed by atoms with Gasteiger partial charge in [0.25, 0.3) is 5.91 Å². The first-order valence-corrected chi connectivity index (χ1v) is 10.4. The summed E-state index contributed by atoms with van der Waals surface area (Å²) >= 11 is 1.19. The standard InChI is InChI=1S/C22H18F2N4O3S/c1-28-11-10-25-19(28)12-30-15-8-6-14(7-9-15)20(29)27-22-26-17(13-32-22)16-4-2-3-5-18(16)31-21(23)24/h2-11,13,21H,12H2,1H3,(H,26,27,29). The molecule has 0 bridgehead atoms. The highest BCUT2D eigenvalue weighted by Crippen LogP contribution is 2.33. The van der Waals surface area contributed by atoms with Crippen LogP contribution in [0.2, 0.25) is 0 Å². The number of carbonyl (C=O) groups excluding carboxylic acids is 1. The maximum Gasteiger partial charge on any atom is 0.387 e. The number of benzene rings is 2. The predicted octanol–water partition coefficient (Wildman–Crippen LogP) is 4.98. The zero-order valence-electron chi connectivity index (χ0n) is 16.9. The number of aromatic nitrogens is 3. The molecule has 0 fully saturated rings. The van der Waals surface area contributed by atoms with Crippen molar-refractivity contribution in [3.05, 3.63) is 77.7 Å². The Bertz CT molecular complexity index is 1210. The number of rotatable bonds is 8. The van der Waals surface area contributed by atoms with Crippen LogP contribution in [0.4, 0.5) is 13.9 Å². The number of hydrogen-bond donors (Lipinski definition) is 1. The van der Waals surface area contributed by atoms with E-state index in [-0.39, 0.29) is 11.7 Å². The minimum absolute atomic E-state index is 0.0202. The fraction of sp³-hybridized carbons (Fsp3) is 0.136. The Labute approximate surface area is 186 Å². The molecule has 4 aromatic rings. The number of nitrogens with zero attached hydrogens (tertiary/aromatic N) is 3. The van der Waals surface area contributed by atoms with Gasteiger partial charge < -0.3 is 14.0 Å². The topological polar surface area (TPSA) is 78.3 Å². The molecule has 2 aromatic heterocycles. The van der Waals surface area contributed by atoms with E-state index in [1.54, 1.807) is 54.0 Å². The van der Waals surface area contributed by atoms with Crippen LogP contribution in [0.25, 0.3) is 11.3 Å². The highest BCUT2D eigenvalue weighted by molar-refractivity contribution is 7.14. The number of alkyl halides is 2. The van der Waals surface area contributed by atoms with Gasteiger partial charge in [-0.1, -0.05) is 12.1 Å². The number of hydrogen-bond acceptors (Lipinski definition) is 6. The van der Waals surface area contributed by atoms with Crippen LogP contribution in [0, 0.1) is 0 Å². The highest BCUT2D eigenvalue weighted by atomic mass is 32.1. The number of nitrogens with one attached hydrogen (secondary N) is 1. The van der Waals surface area contributed by atoms with Crippen molar-refractivity contribution in [1.29, 1.82) is 0 Å². The lowest BCUT2D eigenvalue weighted by Crippen LogP contribution is -2.11. The van der Waals surface area contributed by atoms with Gasteiger partial charge in [-0.15, -0.1) is 11.3 Å². The van der Waals surface area contributed by atoms with E-state index in [1.165, 1.54) is 17.4 Å². The maximum atomic E-state index is 12.6. The molecule has 2 aromatic carbocycles. The molecule has 164 valence electrons. The SMILES string of the molecule is Cn1ccnc1COc1ccc(C(=O)Nc2nc(-c3ccccc3OC(F)F)cs2)cc1. The molecule has 7 nitrogen and oxygen atoms in total. The molecule has 10 heteroatoms. The van der Waals surface area contributed by atoms with E-state index in [0.717, 1.165) is 5.82 Å². The molecule has 0 unspecified atom stereocenters. The van der Waals surface area contributed by atoms with Crippen LogP contribution >= 0.6 is 11.3 Å². The van der Waals surface area contributed by atoms with E-state index in [1.807, 2.05) is 17.8 Å². The van der Waals surface area contributed by atoms with Gasteiger partial charge in [-0.25, -0.2) is 9.97 Å². The summed E-state index contributed by atoms with van der Waals surface area (Å²) in [6.45, 7) is -2.63. The van der Waals surface area contributed by atoms with Crippen molar-refractivity contribution in [2.45, 2.75) is 13.2 Å². The summed E-state index contributed by atoms with van der Waals surface area (Å²) in [5, 5.41) is 4.72. The second-order valence-corrected chi connectivity index (χ2v) is 7.49. The quantitative estimate of drug-likeness (QED) is 0.405. The van der Waals surface area contributed by atoms with Gasteiger partial charge in [-0.2, -0.15) is 8.78 Å². The number of carbonyl (C=O) groups is 1. The number of amides is 1. The second kappa shape index (κ2) is 9.56. The summed E-state index contributed by atoms with van der Waals surface area (Å²) in [4.78, 5) is 21.1. The number of aryl methyl sites for hydroxylation is 1. The molecule has 0 aliphatic rings. The Morgan fingerprint density at radius 2 is 1.97 bits per heavy atom. The minimum Gasteiger partial charge on any atom is -0.486 e. The molecule has 0 spiro atoms. The van der Waals surface area contributed by atoms with Gasteiger partial charge in [-0.3, -0.25) is 10.1 Å². The van der Waals surface area contributed by atoms with Crippen molar-refractivity contribution < 1.29 is 23.0 Å². The molecule has 2 heterocycles. The zero-order chi connectivity index (χ0) is 22.5. The molecule has 0 aliphatic heterocycles. The van der Waals surface area contributed by atoms with Crippen LogP contribution in [0.3, 0.4) is 0 Å². The van der Waals surface area contributed by atoms with Crippen molar-refractivity contribution in [2.24, 2.45) is 7.05 Å². The first-order chi connectivity index (χ1) is 15.5. The normalized spacial score (nSPS) is 10.9. The molecule has 0 atom stereocenters. The summed E-state index contributed by atoms with van der Waals surface area (Å²) in [5.41, 5.74) is 1.27. The smallest absolute Gasteiger partial charge is 0.387 e. The molecule has 0 radical (unpaired) electrons. The Kier molecular flexibility index (Phi) is 6.41. The molecule has 32 heavy (non-hydrogen) atoms. The fourth-order valence-electron chi connectivity index (χ4n) is 2.89. The largest absolute Gasteiger partial charge is 0.486 e. The van der Waals surface area contributed by atoms with Crippen molar-refractivity contribution in [2.75, 3.05) is 5.32 Å². The van der Waals surface area contributed by atoms with Crippen LogP contribution in [-0.4, -0.2) is 27.1 Å². The van der Waals surface area contributed by atoms with Crippen molar-refractivity contribution in [3.63, 3.8) is 0 Å². The lowest BCUT2D eigenvalue weighted by atomic mass is 10.1. The predicted molar refractivity (Wildman–Crippen MR) is 116 cm³/mol. The van der Waals surface area contributed by atoms with E-state index < -0.39 is 6.61 Å². The first-order valence-electron chi connectivity index (χ1n) is 9.50. The van der Waals surface area contributed by atoms with Crippen LogP contribution in [-0.2, 0) is 13.7 Å². The third-order valence-electron chi connectivity index (χ3n) is 4.51. The third-order valence-corrected chi connectivity index (χ3v) is 5.27. The second-order valence-electron chi connectivity index (χ2n) is 6.63. The van der Waals surface area contributed by atoms with Crippen LogP contribution in [0.1, 0.15) is 16.2 Å². The molecule has 4 rings (SSSR count). The lowest BCUT2D eigenvalue weighted by Gasteiger charge is -2.08. The average molecular weight is 456 g/mol. The van der Waals surface area contributed by atoms with E-state index >= 15 is 0 Å². The van der Waals surface area contributed by atoms with Gasteiger partial charge in [0.15, 0.2) is 5.13 Å². The van der Waals surface area contributed by atoms with Gasteiger partial charge in [0, 0.05) is 35.9 Å². The molecule has 0 saturated heterocycles. The van der Waals surface area contributed by atoms with Gasteiger partial charge in [-0.05, 0) is 36.4 Å². The monoisotopic (exact) mass is 456 g/mol. The zero-order valence-corrected chi connectivity index (χ0v) is 17.7. The van der Waals surface area contributed by atoms with Gasteiger partial charge in [0.1, 0.15) is 23.9 Å². The Hall–Kier alpha value is -3.79. The summed E-state index contributed by atoms with van der Waals surface area (Å²) in [6.07, 6.45) is 3.53. The minimum atomic E-state index is -2.94. The van der Waals surface area contributed by atoms with E-state index in [4.69, 9.17) is 4.74 Å². The molecule has 1 amide bonds. The third kappa shape index (κ3) is 5.09. The van der Waals surface area contributed by atoms with E-state index in [9.17, 15) is 13.6 Å². The first kappa shape index (κ1) is 21.4. The van der Waals surface area contributed by atoms with Gasteiger partial charge >= 0.3 is 6.61 Å². The molecule has 1 N–H and O–H groups in total. The summed E-state index contributed by atoms with van der Waals surface area (Å²) in [6, 6.07) is 13.0. The summed E-state index contributed by atoms with van der Waals surface area (Å²) < 4.78 is 37.4. The summed E-state index contributed by atoms with van der Waals surface area (Å²) in [7, 11) is 1.88.